The fourth-order valence-corrected chi connectivity index (χ4v) is 10.4. The zero-order valence-electron chi connectivity index (χ0n) is 26.8. The molecule has 4 aliphatic heterocycles. The molecular weight excluding hydrogens is 750 g/mol. The van der Waals surface area contributed by atoms with Gasteiger partial charge < -0.3 is 25.8 Å². The first kappa shape index (κ1) is 34.5. The normalized spacial score (nSPS) is 22.4. The topological polar surface area (TPSA) is 131 Å². The highest BCUT2D eigenvalue weighted by Crippen LogP contribution is 2.34. The van der Waals surface area contributed by atoms with Gasteiger partial charge in [-0.3, -0.25) is 9.52 Å². The van der Waals surface area contributed by atoms with Gasteiger partial charge in [0.15, 0.2) is 0 Å². The highest BCUT2D eigenvalue weighted by atomic mass is 79.9. The first-order valence-electron chi connectivity index (χ1n) is 16.6. The van der Waals surface area contributed by atoms with E-state index in [1.54, 1.807) is 11.0 Å². The van der Waals surface area contributed by atoms with Crippen molar-refractivity contribution in [1.29, 1.82) is 0 Å². The summed E-state index contributed by atoms with van der Waals surface area (Å²) >= 11 is 7.03. The second-order valence-corrected chi connectivity index (χ2v) is 16.8. The predicted molar refractivity (Wildman–Crippen MR) is 191 cm³/mol. The largest absolute Gasteiger partial charge is 0.397 e. The monoisotopic (exact) mass is 793 g/mol. The number of para-hydroxylation sites is 1. The fraction of sp³-hybridized carbons (Fsp3) is 0.576. The lowest BCUT2D eigenvalue weighted by Gasteiger charge is -2.41. The molecule has 47 heavy (non-hydrogen) atoms. The number of urea groups is 1. The lowest BCUT2D eigenvalue weighted by Crippen LogP contribution is -2.57. The van der Waals surface area contributed by atoms with E-state index in [9.17, 15) is 18.0 Å². The molecule has 6 rings (SSSR count). The molecule has 3 fully saturated rings. The number of hydrogen-bond acceptors (Lipinski definition) is 6. The van der Waals surface area contributed by atoms with Crippen molar-refractivity contribution in [3.63, 3.8) is 0 Å². The molecule has 0 aromatic heterocycles. The Kier molecular flexibility index (Phi) is 10.7. The number of rotatable bonds is 6. The van der Waals surface area contributed by atoms with Crippen molar-refractivity contribution in [3.8, 4) is 0 Å². The Bertz CT molecular complexity index is 1550. The Morgan fingerprint density at radius 2 is 1.49 bits per heavy atom. The molecule has 0 spiro atoms. The Balaban J connectivity index is 1.10. The van der Waals surface area contributed by atoms with E-state index in [0.29, 0.717) is 69.3 Å². The van der Waals surface area contributed by atoms with Crippen LogP contribution in [0.4, 0.5) is 16.2 Å². The van der Waals surface area contributed by atoms with Crippen LogP contribution in [0.25, 0.3) is 0 Å². The summed E-state index contributed by atoms with van der Waals surface area (Å²) in [5, 5.41) is 3.07. The van der Waals surface area contributed by atoms with Gasteiger partial charge in [0, 0.05) is 54.1 Å². The number of carbonyl (C=O) groups is 2. The molecule has 0 bridgehead atoms. The molecule has 0 radical (unpaired) electrons. The lowest BCUT2D eigenvalue weighted by molar-refractivity contribution is -0.135. The summed E-state index contributed by atoms with van der Waals surface area (Å²) in [6, 6.07) is 9.94. The van der Waals surface area contributed by atoms with Crippen LogP contribution in [-0.2, 0) is 28.0 Å². The van der Waals surface area contributed by atoms with Crippen molar-refractivity contribution >= 4 is 65.4 Å². The highest BCUT2D eigenvalue weighted by molar-refractivity contribution is 9.11. The van der Waals surface area contributed by atoms with Crippen LogP contribution in [0.1, 0.15) is 49.7 Å². The number of carbonyl (C=O) groups excluding carboxylic acids is 2. The third-order valence-electron chi connectivity index (χ3n) is 10.5. The van der Waals surface area contributed by atoms with Crippen LogP contribution in [0.3, 0.4) is 0 Å². The van der Waals surface area contributed by atoms with E-state index in [1.807, 2.05) is 35.2 Å². The molecule has 4 aliphatic rings. The third-order valence-corrected chi connectivity index (χ3v) is 13.3. The zero-order valence-corrected chi connectivity index (χ0v) is 30.8. The average Bonchev–Trinajstić information content (AvgIpc) is 3.06. The molecule has 11 nitrogen and oxygen atoms in total. The smallest absolute Gasteiger partial charge is 0.318 e. The molecule has 0 aliphatic carbocycles. The van der Waals surface area contributed by atoms with Crippen LogP contribution in [-0.4, -0.2) is 97.8 Å². The van der Waals surface area contributed by atoms with Crippen LogP contribution >= 0.6 is 31.9 Å². The van der Waals surface area contributed by atoms with Crippen molar-refractivity contribution in [2.75, 3.05) is 56.8 Å². The molecule has 4 heterocycles. The van der Waals surface area contributed by atoms with Gasteiger partial charge in [0.25, 0.3) is 0 Å². The maximum atomic E-state index is 14.1. The summed E-state index contributed by atoms with van der Waals surface area (Å²) in [5.41, 5.74) is 9.13. The number of benzene rings is 2. The number of hydrogen-bond donors (Lipinski definition) is 3. The summed E-state index contributed by atoms with van der Waals surface area (Å²) in [6.07, 6.45) is 5.77. The predicted octanol–water partition coefficient (Wildman–Crippen LogP) is 4.63. The Labute approximate surface area is 295 Å². The van der Waals surface area contributed by atoms with E-state index in [1.165, 1.54) is 17.1 Å². The Morgan fingerprint density at radius 1 is 0.915 bits per heavy atom. The summed E-state index contributed by atoms with van der Waals surface area (Å²) in [5.74, 6) is 1.29. The maximum Gasteiger partial charge on any atom is 0.318 e. The van der Waals surface area contributed by atoms with Gasteiger partial charge in [-0.15, -0.1) is 0 Å². The van der Waals surface area contributed by atoms with Crippen molar-refractivity contribution in [2.24, 2.45) is 11.8 Å². The number of nitrogens with zero attached hydrogens (tertiary/aromatic N) is 4. The summed E-state index contributed by atoms with van der Waals surface area (Å²) in [7, 11) is -1.50. The molecule has 256 valence electrons. The van der Waals surface area contributed by atoms with E-state index in [4.69, 9.17) is 5.73 Å². The number of likely N-dealkylation sites (tertiary alicyclic amines) is 3. The van der Waals surface area contributed by atoms with E-state index in [-0.39, 0.29) is 18.0 Å². The molecule has 3 saturated heterocycles. The summed E-state index contributed by atoms with van der Waals surface area (Å²) < 4.78 is 31.8. The van der Waals surface area contributed by atoms with Crippen LogP contribution in [0, 0.1) is 11.8 Å². The Morgan fingerprint density at radius 3 is 2.13 bits per heavy atom. The van der Waals surface area contributed by atoms with Gasteiger partial charge in [-0.05, 0) is 132 Å². The number of piperidine rings is 3. The first-order chi connectivity index (χ1) is 22.5. The standard InChI is InChI=1S/C33H45Br2N7O4S/c1-39-12-6-23(7-13-39)24-8-14-40(15-9-24)32(43)30(20-22-18-27(34)31(36)28(35)19-22)37-33(44)41-16-10-26(11-17-41)42-21-25-4-2-3-5-29(25)38-47(42,45)46/h2-5,18-19,23-24,26,30,38H,6-17,20-21,36H2,1H3,(H,37,44)/t30-/m1/s1. The quantitative estimate of drug-likeness (QED) is 0.366. The van der Waals surface area contributed by atoms with Crippen molar-refractivity contribution in [1.82, 2.24) is 24.3 Å². The van der Waals surface area contributed by atoms with Crippen LogP contribution in [0.2, 0.25) is 0 Å². The van der Waals surface area contributed by atoms with E-state index < -0.39 is 16.3 Å². The molecule has 14 heteroatoms. The molecule has 0 unspecified atom stereocenters. The van der Waals surface area contributed by atoms with Crippen LogP contribution in [0.5, 0.6) is 0 Å². The van der Waals surface area contributed by atoms with Gasteiger partial charge in [-0.1, -0.05) is 18.2 Å². The minimum absolute atomic E-state index is 0.0664. The fourth-order valence-electron chi connectivity index (χ4n) is 7.63. The maximum absolute atomic E-state index is 14.1. The van der Waals surface area contributed by atoms with Crippen molar-refractivity contribution in [3.05, 3.63) is 56.5 Å². The average molecular weight is 796 g/mol. The molecule has 2 aromatic carbocycles. The van der Waals surface area contributed by atoms with Gasteiger partial charge in [0.05, 0.1) is 11.4 Å². The number of nitrogens with two attached hydrogens (primary N) is 1. The van der Waals surface area contributed by atoms with Crippen molar-refractivity contribution < 1.29 is 18.0 Å². The lowest BCUT2D eigenvalue weighted by atomic mass is 9.79. The van der Waals surface area contributed by atoms with E-state index >= 15 is 0 Å². The molecule has 0 saturated carbocycles. The highest BCUT2D eigenvalue weighted by Gasteiger charge is 2.38. The number of amides is 3. The van der Waals surface area contributed by atoms with Gasteiger partial charge in [0.2, 0.25) is 5.91 Å². The van der Waals surface area contributed by atoms with E-state index in [0.717, 1.165) is 51.9 Å². The van der Waals surface area contributed by atoms with Gasteiger partial charge >= 0.3 is 16.2 Å². The number of nitrogens with one attached hydrogen (secondary N) is 2. The van der Waals surface area contributed by atoms with Crippen molar-refractivity contribution in [2.45, 2.75) is 63.6 Å². The molecule has 2 aromatic rings. The number of nitrogen functional groups attached to an aromatic ring is 1. The molecule has 3 amide bonds. The van der Waals surface area contributed by atoms with Gasteiger partial charge in [0.1, 0.15) is 6.04 Å². The molecule has 4 N–H and O–H groups in total. The minimum Gasteiger partial charge on any atom is -0.397 e. The zero-order chi connectivity index (χ0) is 33.3. The minimum atomic E-state index is -3.68. The Hall–Kier alpha value is -2.39. The van der Waals surface area contributed by atoms with Crippen LogP contribution < -0.4 is 15.8 Å². The number of fused-ring (bicyclic) bond motifs is 1. The second-order valence-electron chi connectivity index (χ2n) is 13.5. The first-order valence-corrected chi connectivity index (χ1v) is 19.6. The van der Waals surface area contributed by atoms with Gasteiger partial charge in [-0.25, -0.2) is 4.79 Å². The summed E-state index contributed by atoms with van der Waals surface area (Å²) in [6.45, 7) is 4.77. The molecular formula is C33H45Br2N7O4S. The third kappa shape index (κ3) is 7.92. The second kappa shape index (κ2) is 14.6. The molecule has 1 atom stereocenters. The van der Waals surface area contributed by atoms with Crippen LogP contribution in [0.15, 0.2) is 45.3 Å². The number of halogens is 2. The number of anilines is 2. The van der Waals surface area contributed by atoms with Gasteiger partial charge in [-0.2, -0.15) is 12.7 Å². The van der Waals surface area contributed by atoms with E-state index in [2.05, 4.69) is 53.8 Å². The SMILES string of the molecule is CN1CCC(C2CCN(C(=O)[C@@H](Cc3cc(Br)c(N)c(Br)c3)NC(=O)N3CCC(N4Cc5ccccc5NS4(=O)=O)CC3)CC2)CC1. The summed E-state index contributed by atoms with van der Waals surface area (Å²) in [4.78, 5) is 33.8.